The molecule has 4 rings (SSSR count). The van der Waals surface area contributed by atoms with Crippen molar-refractivity contribution < 1.29 is 18.8 Å². The van der Waals surface area contributed by atoms with Crippen LogP contribution in [-0.4, -0.2) is 30.9 Å². The van der Waals surface area contributed by atoms with Gasteiger partial charge in [-0.1, -0.05) is 17.3 Å². The van der Waals surface area contributed by atoms with Crippen LogP contribution in [0.15, 0.2) is 22.7 Å². The van der Waals surface area contributed by atoms with Gasteiger partial charge in [0.15, 0.2) is 11.5 Å². The first-order valence-corrected chi connectivity index (χ1v) is 9.04. The van der Waals surface area contributed by atoms with Gasteiger partial charge in [-0.15, -0.1) is 0 Å². The van der Waals surface area contributed by atoms with E-state index in [2.05, 4.69) is 15.8 Å². The fraction of sp³-hybridized carbons (Fsp3) is 0.474. The molecule has 138 valence electrons. The molecule has 0 spiro atoms. The largest absolute Gasteiger partial charge is 0.493 e. The predicted molar refractivity (Wildman–Crippen MR) is 94.5 cm³/mol. The number of ether oxygens (including phenoxy) is 2. The second-order valence-electron chi connectivity index (χ2n) is 6.73. The maximum absolute atomic E-state index is 12.2. The number of aryl methyl sites for hydroxylation is 1. The van der Waals surface area contributed by atoms with E-state index in [0.29, 0.717) is 19.6 Å². The standard InChI is InChI=1S/C19H23N3O4/c1-24-17-8-4-5-12-9-13(11-25-18(12)17)21-19(23)20-10-15-14-6-2-3-7-16(14)26-22-15/h4-5,8,13H,2-3,6-7,9-11H2,1H3,(H2,20,21,23). The third-order valence-electron chi connectivity index (χ3n) is 4.96. The number of hydrogen-bond donors (Lipinski definition) is 2. The number of rotatable bonds is 4. The van der Waals surface area contributed by atoms with Gasteiger partial charge < -0.3 is 24.6 Å². The summed E-state index contributed by atoms with van der Waals surface area (Å²) in [4.78, 5) is 12.2. The van der Waals surface area contributed by atoms with E-state index in [1.165, 1.54) is 5.56 Å². The number of carbonyl (C=O) groups is 1. The Bertz CT molecular complexity index is 802. The molecule has 1 aliphatic heterocycles. The van der Waals surface area contributed by atoms with Crippen molar-refractivity contribution >= 4 is 6.03 Å². The third kappa shape index (κ3) is 3.34. The van der Waals surface area contributed by atoms with Crippen molar-refractivity contribution in [2.45, 2.75) is 44.7 Å². The van der Waals surface area contributed by atoms with Crippen molar-refractivity contribution in [3.63, 3.8) is 0 Å². The Labute approximate surface area is 152 Å². The highest BCUT2D eigenvalue weighted by atomic mass is 16.5. The number of carbonyl (C=O) groups excluding carboxylic acids is 1. The summed E-state index contributed by atoms with van der Waals surface area (Å²) in [5, 5.41) is 9.95. The maximum atomic E-state index is 12.2. The van der Waals surface area contributed by atoms with Crippen LogP contribution in [0.4, 0.5) is 4.79 Å². The van der Waals surface area contributed by atoms with E-state index in [4.69, 9.17) is 14.0 Å². The smallest absolute Gasteiger partial charge is 0.315 e. The van der Waals surface area contributed by atoms with Crippen molar-refractivity contribution in [1.82, 2.24) is 15.8 Å². The summed E-state index contributed by atoms with van der Waals surface area (Å²) in [7, 11) is 1.62. The number of nitrogens with one attached hydrogen (secondary N) is 2. The van der Waals surface area contributed by atoms with E-state index in [1.54, 1.807) is 7.11 Å². The van der Waals surface area contributed by atoms with Gasteiger partial charge >= 0.3 is 6.03 Å². The van der Waals surface area contributed by atoms with E-state index < -0.39 is 0 Å². The summed E-state index contributed by atoms with van der Waals surface area (Å²) in [5.74, 6) is 2.46. The molecule has 2 amide bonds. The van der Waals surface area contributed by atoms with Crippen molar-refractivity contribution in [3.05, 3.63) is 40.8 Å². The highest BCUT2D eigenvalue weighted by molar-refractivity contribution is 5.74. The van der Waals surface area contributed by atoms with Crippen LogP contribution >= 0.6 is 0 Å². The molecule has 2 aliphatic rings. The van der Waals surface area contributed by atoms with Crippen LogP contribution < -0.4 is 20.1 Å². The zero-order valence-corrected chi connectivity index (χ0v) is 14.8. The minimum Gasteiger partial charge on any atom is -0.493 e. The van der Waals surface area contributed by atoms with Crippen LogP contribution in [0, 0.1) is 0 Å². The highest BCUT2D eigenvalue weighted by Gasteiger charge is 2.24. The number of aromatic nitrogens is 1. The molecule has 2 heterocycles. The lowest BCUT2D eigenvalue weighted by Gasteiger charge is -2.27. The number of amides is 2. The van der Waals surface area contributed by atoms with Gasteiger partial charge in [-0.2, -0.15) is 0 Å². The average Bonchev–Trinajstić information content (AvgIpc) is 3.09. The first kappa shape index (κ1) is 16.8. The Morgan fingerprint density at radius 2 is 2.23 bits per heavy atom. The molecule has 2 N–H and O–H groups in total. The van der Waals surface area contributed by atoms with Crippen molar-refractivity contribution in [1.29, 1.82) is 0 Å². The fourth-order valence-electron chi connectivity index (χ4n) is 3.64. The number of para-hydroxylation sites is 1. The van der Waals surface area contributed by atoms with Crippen molar-refractivity contribution in [2.24, 2.45) is 0 Å². The Hall–Kier alpha value is -2.70. The first-order chi connectivity index (χ1) is 12.7. The SMILES string of the molecule is COc1cccc2c1OCC(NC(=O)NCc1noc3c1CCCC3)C2. The summed E-state index contributed by atoms with van der Waals surface area (Å²) in [6, 6.07) is 5.48. The van der Waals surface area contributed by atoms with Crippen LogP contribution in [0.2, 0.25) is 0 Å². The molecule has 1 unspecified atom stereocenters. The van der Waals surface area contributed by atoms with Gasteiger partial charge in [0.1, 0.15) is 18.1 Å². The van der Waals surface area contributed by atoms with Gasteiger partial charge in [0, 0.05) is 17.5 Å². The van der Waals surface area contributed by atoms with Gasteiger partial charge in [-0.05, 0) is 31.7 Å². The van der Waals surface area contributed by atoms with Gasteiger partial charge in [-0.25, -0.2) is 4.79 Å². The lowest BCUT2D eigenvalue weighted by Crippen LogP contribution is -2.47. The maximum Gasteiger partial charge on any atom is 0.315 e. The molecule has 2 aromatic rings. The summed E-state index contributed by atoms with van der Waals surface area (Å²) < 4.78 is 16.5. The Morgan fingerprint density at radius 1 is 1.35 bits per heavy atom. The van der Waals surface area contributed by atoms with Crippen LogP contribution in [0.25, 0.3) is 0 Å². The quantitative estimate of drug-likeness (QED) is 0.877. The molecule has 7 nitrogen and oxygen atoms in total. The number of fused-ring (bicyclic) bond motifs is 2. The Balaban J connectivity index is 1.32. The summed E-state index contributed by atoms with van der Waals surface area (Å²) >= 11 is 0. The van der Waals surface area contributed by atoms with Gasteiger partial charge in [0.05, 0.1) is 19.7 Å². The predicted octanol–water partition coefficient (Wildman–Crippen LogP) is 2.36. The molecule has 0 bridgehead atoms. The molecule has 26 heavy (non-hydrogen) atoms. The van der Waals surface area contributed by atoms with Crippen molar-refractivity contribution in [3.8, 4) is 11.5 Å². The molecule has 0 saturated carbocycles. The van der Waals surface area contributed by atoms with E-state index in [9.17, 15) is 4.79 Å². The molecule has 0 radical (unpaired) electrons. The van der Waals surface area contributed by atoms with Gasteiger partial charge in [0.25, 0.3) is 0 Å². The van der Waals surface area contributed by atoms with E-state index in [1.807, 2.05) is 18.2 Å². The first-order valence-electron chi connectivity index (χ1n) is 9.04. The minimum absolute atomic E-state index is 0.0826. The second kappa shape index (κ2) is 7.27. The number of hydrogen-bond acceptors (Lipinski definition) is 5. The van der Waals surface area contributed by atoms with Crippen LogP contribution in [0.3, 0.4) is 0 Å². The number of urea groups is 1. The molecular formula is C19H23N3O4. The zero-order chi connectivity index (χ0) is 17.9. The van der Waals surface area contributed by atoms with E-state index >= 15 is 0 Å². The van der Waals surface area contributed by atoms with E-state index in [0.717, 1.165) is 54.2 Å². The molecule has 1 aromatic carbocycles. The lowest BCUT2D eigenvalue weighted by molar-refractivity contribution is 0.209. The summed E-state index contributed by atoms with van der Waals surface area (Å²) in [6.07, 6.45) is 4.92. The zero-order valence-electron chi connectivity index (χ0n) is 14.8. The number of methoxy groups -OCH3 is 1. The van der Waals surface area contributed by atoms with E-state index in [-0.39, 0.29) is 12.1 Å². The number of benzene rings is 1. The summed E-state index contributed by atoms with van der Waals surface area (Å²) in [5.41, 5.74) is 3.04. The topological polar surface area (TPSA) is 85.6 Å². The molecule has 1 aliphatic carbocycles. The monoisotopic (exact) mass is 357 g/mol. The Kier molecular flexibility index (Phi) is 4.69. The molecule has 0 saturated heterocycles. The normalized spacial score (nSPS) is 18.3. The molecular weight excluding hydrogens is 334 g/mol. The second-order valence-corrected chi connectivity index (χ2v) is 6.73. The van der Waals surface area contributed by atoms with Crippen LogP contribution in [0.5, 0.6) is 11.5 Å². The minimum atomic E-state index is -0.225. The highest BCUT2D eigenvalue weighted by Crippen LogP contribution is 2.34. The molecule has 0 fully saturated rings. The summed E-state index contributed by atoms with van der Waals surface area (Å²) in [6.45, 7) is 0.794. The van der Waals surface area contributed by atoms with Gasteiger partial charge in [-0.3, -0.25) is 0 Å². The Morgan fingerprint density at radius 3 is 3.12 bits per heavy atom. The fourth-order valence-corrected chi connectivity index (χ4v) is 3.64. The molecule has 1 aromatic heterocycles. The van der Waals surface area contributed by atoms with Crippen LogP contribution in [0.1, 0.15) is 35.4 Å². The third-order valence-corrected chi connectivity index (χ3v) is 4.96. The molecule has 7 heteroatoms. The van der Waals surface area contributed by atoms with Crippen molar-refractivity contribution in [2.75, 3.05) is 13.7 Å². The molecule has 1 atom stereocenters. The lowest BCUT2D eigenvalue weighted by atomic mass is 9.96. The number of nitrogens with zero attached hydrogens (tertiary/aromatic N) is 1. The van der Waals surface area contributed by atoms with Gasteiger partial charge in [0.2, 0.25) is 0 Å². The van der Waals surface area contributed by atoms with Crippen LogP contribution in [-0.2, 0) is 25.8 Å². The average molecular weight is 357 g/mol.